The second-order valence-electron chi connectivity index (χ2n) is 7.80. The molecule has 1 fully saturated rings. The molecule has 0 saturated carbocycles. The van der Waals surface area contributed by atoms with Crippen LogP contribution in [0.5, 0.6) is 0 Å². The highest BCUT2D eigenvalue weighted by molar-refractivity contribution is 5.93. The van der Waals surface area contributed by atoms with Crippen LogP contribution in [0.3, 0.4) is 0 Å². The summed E-state index contributed by atoms with van der Waals surface area (Å²) in [5, 5.41) is 11.8. The molecule has 0 aliphatic carbocycles. The van der Waals surface area contributed by atoms with Gasteiger partial charge < -0.3 is 19.7 Å². The number of nitrogens with one attached hydrogen (secondary N) is 1. The van der Waals surface area contributed by atoms with Crippen LogP contribution in [0.2, 0.25) is 0 Å². The van der Waals surface area contributed by atoms with Gasteiger partial charge in [-0.3, -0.25) is 9.59 Å². The van der Waals surface area contributed by atoms with Crippen LogP contribution in [0.15, 0.2) is 11.8 Å². The van der Waals surface area contributed by atoms with E-state index in [1.807, 2.05) is 0 Å². The lowest BCUT2D eigenvalue weighted by Gasteiger charge is -2.33. The zero-order valence-corrected chi connectivity index (χ0v) is 19.0. The zero-order chi connectivity index (χ0) is 22.9. The Morgan fingerprint density at radius 1 is 1.13 bits per heavy atom. The molecular formula is C23H37N3O5. The molecule has 0 spiro atoms. The fourth-order valence-electron chi connectivity index (χ4n) is 3.49. The van der Waals surface area contributed by atoms with Crippen LogP contribution in [0.4, 0.5) is 0 Å². The second kappa shape index (κ2) is 16.2. The van der Waals surface area contributed by atoms with Crippen LogP contribution >= 0.6 is 0 Å². The monoisotopic (exact) mass is 435 g/mol. The number of carbonyl (C=O) groups is 3. The van der Waals surface area contributed by atoms with Crippen LogP contribution in [0.25, 0.3) is 0 Å². The number of carbonyl (C=O) groups excluding carboxylic acids is 3. The van der Waals surface area contributed by atoms with Gasteiger partial charge in [-0.1, -0.05) is 64.7 Å². The van der Waals surface area contributed by atoms with Crippen LogP contribution < -0.4 is 5.32 Å². The maximum Gasteiger partial charge on any atom is 0.350 e. The van der Waals surface area contributed by atoms with Gasteiger partial charge in [-0.25, -0.2) is 4.79 Å². The molecule has 1 unspecified atom stereocenters. The van der Waals surface area contributed by atoms with Gasteiger partial charge in [0.2, 0.25) is 5.91 Å². The molecule has 1 aliphatic heterocycles. The highest BCUT2D eigenvalue weighted by Crippen LogP contribution is 2.14. The average Bonchev–Trinajstić information content (AvgIpc) is 2.77. The Morgan fingerprint density at radius 2 is 1.74 bits per heavy atom. The van der Waals surface area contributed by atoms with E-state index in [0.29, 0.717) is 19.7 Å². The molecule has 1 amide bonds. The number of unbranched alkanes of at least 4 members (excludes halogenated alkanes) is 9. The van der Waals surface area contributed by atoms with Crippen molar-refractivity contribution in [2.75, 3.05) is 26.8 Å². The number of nitriles is 1. The van der Waals surface area contributed by atoms with Crippen molar-refractivity contribution in [2.24, 2.45) is 0 Å². The van der Waals surface area contributed by atoms with Crippen LogP contribution in [0, 0.1) is 11.3 Å². The Hall–Kier alpha value is -2.56. The number of piperazine rings is 1. The first kappa shape index (κ1) is 26.5. The predicted octanol–water partition coefficient (Wildman–Crippen LogP) is 3.22. The van der Waals surface area contributed by atoms with Crippen LogP contribution in [-0.4, -0.2) is 55.6 Å². The zero-order valence-electron chi connectivity index (χ0n) is 19.0. The van der Waals surface area contributed by atoms with Gasteiger partial charge in [-0.15, -0.1) is 0 Å². The quantitative estimate of drug-likeness (QED) is 0.182. The van der Waals surface area contributed by atoms with Crippen molar-refractivity contribution in [3.8, 4) is 6.07 Å². The van der Waals surface area contributed by atoms with E-state index in [-0.39, 0.29) is 17.9 Å². The molecule has 1 atom stereocenters. The smallest absolute Gasteiger partial charge is 0.350 e. The van der Waals surface area contributed by atoms with E-state index in [9.17, 15) is 14.4 Å². The summed E-state index contributed by atoms with van der Waals surface area (Å²) in [7, 11) is 1.18. The fourth-order valence-corrected chi connectivity index (χ4v) is 3.49. The molecule has 1 saturated heterocycles. The van der Waals surface area contributed by atoms with Crippen molar-refractivity contribution in [3.05, 3.63) is 11.8 Å². The SMILES string of the molecule is CCCCCCCCCCCCOC(=O)CC1C(=O)NCCN1/C=C(\C#N)C(=O)OC. The maximum atomic E-state index is 12.2. The third-order valence-electron chi connectivity index (χ3n) is 5.31. The lowest BCUT2D eigenvalue weighted by atomic mass is 10.1. The minimum Gasteiger partial charge on any atom is -0.466 e. The van der Waals surface area contributed by atoms with Gasteiger partial charge in [-0.2, -0.15) is 5.26 Å². The number of rotatable bonds is 15. The van der Waals surface area contributed by atoms with E-state index in [1.165, 1.54) is 63.2 Å². The Labute approximate surface area is 185 Å². The van der Waals surface area contributed by atoms with Crippen LogP contribution in [0.1, 0.15) is 77.6 Å². The molecule has 0 aromatic heterocycles. The van der Waals surface area contributed by atoms with Gasteiger partial charge in [0, 0.05) is 19.3 Å². The largest absolute Gasteiger partial charge is 0.466 e. The minimum absolute atomic E-state index is 0.139. The summed E-state index contributed by atoms with van der Waals surface area (Å²) >= 11 is 0. The van der Waals surface area contributed by atoms with Gasteiger partial charge in [0.15, 0.2) is 5.57 Å². The predicted molar refractivity (Wildman–Crippen MR) is 117 cm³/mol. The lowest BCUT2D eigenvalue weighted by Crippen LogP contribution is -2.54. The van der Waals surface area contributed by atoms with Crippen molar-refractivity contribution in [2.45, 2.75) is 83.6 Å². The summed E-state index contributed by atoms with van der Waals surface area (Å²) in [6.45, 7) is 3.30. The van der Waals surface area contributed by atoms with Gasteiger partial charge >= 0.3 is 11.9 Å². The highest BCUT2D eigenvalue weighted by atomic mass is 16.5. The van der Waals surface area contributed by atoms with Gasteiger partial charge in [0.25, 0.3) is 0 Å². The first-order valence-corrected chi connectivity index (χ1v) is 11.4. The Bertz CT molecular complexity index is 642. The molecule has 0 bridgehead atoms. The maximum absolute atomic E-state index is 12.2. The Balaban J connectivity index is 2.32. The number of methoxy groups -OCH3 is 1. The Morgan fingerprint density at radius 3 is 2.32 bits per heavy atom. The van der Waals surface area contributed by atoms with Gasteiger partial charge in [0.1, 0.15) is 12.1 Å². The number of hydrogen-bond donors (Lipinski definition) is 1. The molecule has 0 aromatic carbocycles. The summed E-state index contributed by atoms with van der Waals surface area (Å²) < 4.78 is 9.85. The number of ether oxygens (including phenoxy) is 2. The normalized spacial score (nSPS) is 16.4. The van der Waals surface area contributed by atoms with E-state index in [1.54, 1.807) is 6.07 Å². The van der Waals surface area contributed by atoms with Crippen LogP contribution in [-0.2, 0) is 23.9 Å². The highest BCUT2D eigenvalue weighted by Gasteiger charge is 2.31. The van der Waals surface area contributed by atoms with Crippen molar-refractivity contribution in [3.63, 3.8) is 0 Å². The summed E-state index contributed by atoms with van der Waals surface area (Å²) in [4.78, 5) is 37.6. The van der Waals surface area contributed by atoms with Crippen molar-refractivity contribution in [1.29, 1.82) is 5.26 Å². The molecule has 8 nitrogen and oxygen atoms in total. The molecule has 0 radical (unpaired) electrons. The number of nitrogens with zero attached hydrogens (tertiary/aromatic N) is 2. The first-order valence-electron chi connectivity index (χ1n) is 11.4. The molecular weight excluding hydrogens is 398 g/mol. The molecule has 0 aromatic rings. The number of esters is 2. The van der Waals surface area contributed by atoms with E-state index in [0.717, 1.165) is 19.3 Å². The third-order valence-corrected chi connectivity index (χ3v) is 5.31. The second-order valence-corrected chi connectivity index (χ2v) is 7.80. The van der Waals surface area contributed by atoms with Gasteiger partial charge in [-0.05, 0) is 6.42 Å². The van der Waals surface area contributed by atoms with Crippen molar-refractivity contribution >= 4 is 17.8 Å². The molecule has 1 N–H and O–H groups in total. The summed E-state index contributed by atoms with van der Waals surface area (Å²) in [5.74, 6) is -1.58. The first-order chi connectivity index (χ1) is 15.0. The van der Waals surface area contributed by atoms with Crippen molar-refractivity contribution in [1.82, 2.24) is 10.2 Å². The molecule has 174 valence electrons. The minimum atomic E-state index is -0.818. The van der Waals surface area contributed by atoms with E-state index < -0.39 is 18.0 Å². The fraction of sp³-hybridized carbons (Fsp3) is 0.739. The topological polar surface area (TPSA) is 109 Å². The molecule has 1 heterocycles. The molecule has 1 aliphatic rings. The standard InChI is InChI=1S/C23H37N3O5/c1-3-4-5-6-7-8-9-10-11-12-15-31-21(27)16-20-22(28)25-13-14-26(20)18-19(17-24)23(29)30-2/h18,20H,3-16H2,1-2H3,(H,25,28)/b19-18+. The molecule has 8 heteroatoms. The van der Waals surface area contributed by atoms with E-state index in [4.69, 9.17) is 10.00 Å². The lowest BCUT2D eigenvalue weighted by molar-refractivity contribution is -0.147. The van der Waals surface area contributed by atoms with Crippen molar-refractivity contribution < 1.29 is 23.9 Å². The number of hydrogen-bond acceptors (Lipinski definition) is 7. The molecule has 1 rings (SSSR count). The van der Waals surface area contributed by atoms with Gasteiger partial charge in [0.05, 0.1) is 20.1 Å². The Kier molecular flexibility index (Phi) is 13.8. The van der Waals surface area contributed by atoms with E-state index >= 15 is 0 Å². The summed E-state index contributed by atoms with van der Waals surface area (Å²) in [6.07, 6.45) is 13.1. The third kappa shape index (κ3) is 10.9. The summed E-state index contributed by atoms with van der Waals surface area (Å²) in [5.41, 5.74) is -0.221. The number of amides is 1. The van der Waals surface area contributed by atoms with E-state index in [2.05, 4.69) is 17.0 Å². The summed E-state index contributed by atoms with van der Waals surface area (Å²) in [6, 6.07) is 0.943. The molecule has 31 heavy (non-hydrogen) atoms. The average molecular weight is 436 g/mol.